The van der Waals surface area contributed by atoms with Crippen LogP contribution in [0.2, 0.25) is 0 Å². The second-order valence-electron chi connectivity index (χ2n) is 24.5. The van der Waals surface area contributed by atoms with Gasteiger partial charge in [0.1, 0.15) is 11.9 Å². The van der Waals surface area contributed by atoms with Crippen LogP contribution in [0.3, 0.4) is 0 Å². The molecule has 0 spiro atoms. The number of rotatable bonds is 10. The number of amides is 1. The molecule has 63 heavy (non-hydrogen) atoms. The average Bonchev–Trinajstić information content (AvgIpc) is 4.02. The number of imidazole rings is 1. The van der Waals surface area contributed by atoms with Gasteiger partial charge in [-0.1, -0.05) is 106 Å². The molecule has 7 fully saturated rings. The van der Waals surface area contributed by atoms with E-state index in [1.165, 1.54) is 19.3 Å². The van der Waals surface area contributed by atoms with Crippen molar-refractivity contribution in [2.24, 2.45) is 79.8 Å². The number of likely N-dealkylation sites (tertiary alicyclic amines) is 1. The number of benzene rings is 1. The fourth-order valence-electron chi connectivity index (χ4n) is 17.2. The maximum atomic E-state index is 15.6. The van der Waals surface area contributed by atoms with E-state index in [2.05, 4.69) is 89.5 Å². The van der Waals surface area contributed by atoms with E-state index < -0.39 is 5.41 Å². The lowest BCUT2D eigenvalue weighted by molar-refractivity contribution is -0.252. The van der Waals surface area contributed by atoms with E-state index in [1.54, 1.807) is 0 Å². The molecule has 1 unspecified atom stereocenters. The molecule has 8 nitrogen and oxygen atoms in total. The highest BCUT2D eigenvalue weighted by molar-refractivity contribution is 5.85. The number of ether oxygens (including phenoxy) is 2. The summed E-state index contributed by atoms with van der Waals surface area (Å²) >= 11 is 0. The summed E-state index contributed by atoms with van der Waals surface area (Å²) in [4.78, 5) is 53.4. The van der Waals surface area contributed by atoms with Crippen molar-refractivity contribution in [3.8, 4) is 11.3 Å². The number of carbonyl (C=O) groups excluding carboxylic acids is 3. The number of aromatic amines is 1. The summed E-state index contributed by atoms with van der Waals surface area (Å²) in [6, 6.07) is 10.4. The van der Waals surface area contributed by atoms with Gasteiger partial charge in [-0.15, -0.1) is 0 Å². The molecular formula is C55H81N3O5. The van der Waals surface area contributed by atoms with E-state index in [-0.39, 0.29) is 63.0 Å². The standard InChI is InChI=1S/C55H81N3O5/c1-11-12-31-62-47(59)38-32-39(50(38,4)5)48(60)63-44-24-25-52(8)42(51(44,6)7)23-26-54(10)43(52)21-20-37-45-36(34(2)3)22-27-55(45,29-28-53(37,54)9)49(61)58-30-16-19-41(58)46-56-33-40(57-46)35-17-14-13-15-18-35/h13-15,17-18,33-34,36-39,41-45H,11-12,16,19-32H2,1-10H3,(H,56,57)/t36-,37+,38-,39+,41?,42-,43+,44-,45+,52-,53+,54+,55-/m0/s1. The number of fused-ring (bicyclic) bond motifs is 7. The Morgan fingerprint density at radius 1 is 0.810 bits per heavy atom. The molecular weight excluding hydrogens is 783 g/mol. The van der Waals surface area contributed by atoms with Gasteiger partial charge in [-0.05, 0) is 153 Å². The van der Waals surface area contributed by atoms with Crippen LogP contribution >= 0.6 is 0 Å². The highest BCUT2D eigenvalue weighted by atomic mass is 16.5. The molecule has 1 amide bonds. The minimum atomic E-state index is -0.466. The van der Waals surface area contributed by atoms with Gasteiger partial charge in [0, 0.05) is 12.0 Å². The van der Waals surface area contributed by atoms with E-state index >= 15 is 4.79 Å². The van der Waals surface area contributed by atoms with E-state index in [9.17, 15) is 9.59 Å². The number of esters is 2. The Balaban J connectivity index is 0.930. The third-order valence-corrected chi connectivity index (χ3v) is 21.1. The predicted octanol–water partition coefficient (Wildman–Crippen LogP) is 12.4. The summed E-state index contributed by atoms with van der Waals surface area (Å²) in [7, 11) is 0. The number of hydrogen-bond acceptors (Lipinski definition) is 6. The maximum Gasteiger partial charge on any atom is 0.309 e. The molecule has 1 aromatic carbocycles. The fraction of sp³-hybridized carbons (Fsp3) is 0.782. The van der Waals surface area contributed by atoms with Gasteiger partial charge in [-0.2, -0.15) is 0 Å². The number of nitrogens with zero attached hydrogens (tertiary/aromatic N) is 2. The molecule has 1 N–H and O–H groups in total. The lowest BCUT2D eigenvalue weighted by Gasteiger charge is -2.73. The van der Waals surface area contributed by atoms with Gasteiger partial charge >= 0.3 is 11.9 Å². The summed E-state index contributed by atoms with van der Waals surface area (Å²) in [6.07, 6.45) is 17.3. The monoisotopic (exact) mass is 864 g/mol. The van der Waals surface area contributed by atoms with Crippen molar-refractivity contribution in [2.45, 2.75) is 178 Å². The molecule has 8 heteroatoms. The zero-order chi connectivity index (χ0) is 44.9. The Kier molecular flexibility index (Phi) is 11.4. The Labute approximate surface area is 379 Å². The molecule has 7 aliphatic rings. The average molecular weight is 864 g/mol. The maximum absolute atomic E-state index is 15.6. The molecule has 13 atom stereocenters. The summed E-state index contributed by atoms with van der Waals surface area (Å²) in [6.45, 7) is 25.1. The number of nitrogens with one attached hydrogen (secondary N) is 1. The molecule has 9 rings (SSSR count). The third kappa shape index (κ3) is 6.75. The smallest absolute Gasteiger partial charge is 0.309 e. The van der Waals surface area contributed by atoms with Crippen molar-refractivity contribution in [1.82, 2.24) is 14.9 Å². The second kappa shape index (κ2) is 16.0. The first-order chi connectivity index (χ1) is 29.8. The Morgan fingerprint density at radius 3 is 2.27 bits per heavy atom. The Bertz CT molecular complexity index is 2040. The zero-order valence-electron chi connectivity index (χ0n) is 40.7. The van der Waals surface area contributed by atoms with E-state index in [4.69, 9.17) is 14.5 Å². The lowest BCUT2D eigenvalue weighted by atomic mass is 9.32. The number of hydrogen-bond donors (Lipinski definition) is 1. The second-order valence-corrected chi connectivity index (χ2v) is 24.5. The van der Waals surface area contributed by atoms with Gasteiger partial charge in [0.25, 0.3) is 0 Å². The largest absolute Gasteiger partial charge is 0.465 e. The highest BCUT2D eigenvalue weighted by Crippen LogP contribution is 2.78. The van der Waals surface area contributed by atoms with Crippen LogP contribution in [-0.4, -0.2) is 52.0 Å². The van der Waals surface area contributed by atoms with Crippen LogP contribution in [0.15, 0.2) is 36.5 Å². The molecule has 1 saturated heterocycles. The zero-order valence-corrected chi connectivity index (χ0v) is 40.7. The Hall–Kier alpha value is -3.16. The van der Waals surface area contributed by atoms with Gasteiger partial charge in [-0.3, -0.25) is 14.4 Å². The van der Waals surface area contributed by atoms with Crippen LogP contribution in [0.25, 0.3) is 11.3 Å². The van der Waals surface area contributed by atoms with Crippen molar-refractivity contribution >= 4 is 17.8 Å². The molecule has 1 aliphatic heterocycles. The lowest BCUT2D eigenvalue weighted by Crippen LogP contribution is -2.67. The van der Waals surface area contributed by atoms with Crippen LogP contribution in [0.1, 0.15) is 177 Å². The number of carbonyl (C=O) groups is 3. The molecule has 0 bridgehead atoms. The molecule has 2 heterocycles. The highest BCUT2D eigenvalue weighted by Gasteiger charge is 2.73. The van der Waals surface area contributed by atoms with Crippen LogP contribution in [0.4, 0.5) is 0 Å². The molecule has 346 valence electrons. The van der Waals surface area contributed by atoms with Crippen molar-refractivity contribution in [3.63, 3.8) is 0 Å². The van der Waals surface area contributed by atoms with Crippen LogP contribution in [0, 0.1) is 79.8 Å². The summed E-state index contributed by atoms with van der Waals surface area (Å²) in [5, 5.41) is 0. The minimum absolute atomic E-state index is 0.00822. The molecule has 6 aliphatic carbocycles. The van der Waals surface area contributed by atoms with E-state index in [0.717, 1.165) is 94.3 Å². The van der Waals surface area contributed by atoms with Crippen molar-refractivity contribution in [3.05, 3.63) is 42.4 Å². The van der Waals surface area contributed by atoms with Gasteiger partial charge in [-0.25, -0.2) is 4.98 Å². The van der Waals surface area contributed by atoms with Crippen molar-refractivity contribution in [1.29, 1.82) is 0 Å². The van der Waals surface area contributed by atoms with E-state index in [0.29, 0.717) is 54.4 Å². The predicted molar refractivity (Wildman–Crippen MR) is 248 cm³/mol. The third-order valence-electron chi connectivity index (χ3n) is 21.1. The summed E-state index contributed by atoms with van der Waals surface area (Å²) in [5.41, 5.74) is 1.72. The fourth-order valence-corrected chi connectivity index (χ4v) is 17.2. The molecule has 1 aromatic heterocycles. The topological polar surface area (TPSA) is 102 Å². The molecule has 0 radical (unpaired) electrons. The van der Waals surface area contributed by atoms with Crippen LogP contribution in [-0.2, 0) is 23.9 Å². The first-order valence-corrected chi connectivity index (χ1v) is 25.6. The first kappa shape index (κ1) is 45.0. The van der Waals surface area contributed by atoms with Crippen LogP contribution in [0.5, 0.6) is 0 Å². The van der Waals surface area contributed by atoms with Crippen molar-refractivity contribution in [2.75, 3.05) is 13.2 Å². The molecule has 2 aromatic rings. The minimum Gasteiger partial charge on any atom is -0.465 e. The SMILES string of the molecule is CCCCOC(=O)[C@@H]1C[C@H](C(=O)O[C@H]2CC[C@]3(C)[C@H]4CC[C@@H]5[C@H]6[C@H](C(C)C)CC[C@]6(C(=O)N6CCCC6c6ncc(-c7ccccc7)[nH]6)CC[C@@]5(C)[C@]4(C)CC[C@H]3C2(C)C)C1(C)C. The Morgan fingerprint density at radius 2 is 1.56 bits per heavy atom. The van der Waals surface area contributed by atoms with Gasteiger partial charge in [0.15, 0.2) is 0 Å². The number of unbranched alkanes of at least 4 members (excludes halogenated alkanes) is 1. The van der Waals surface area contributed by atoms with E-state index in [1.807, 2.05) is 26.1 Å². The number of H-pyrrole nitrogens is 1. The number of aromatic nitrogens is 2. The first-order valence-electron chi connectivity index (χ1n) is 25.6. The van der Waals surface area contributed by atoms with Gasteiger partial charge < -0.3 is 19.4 Å². The quantitative estimate of drug-likeness (QED) is 0.189. The normalized spacial score (nSPS) is 41.1. The molecule has 6 saturated carbocycles. The van der Waals surface area contributed by atoms with Gasteiger partial charge in [0.05, 0.1) is 41.8 Å². The van der Waals surface area contributed by atoms with Gasteiger partial charge in [0.2, 0.25) is 5.91 Å². The summed E-state index contributed by atoms with van der Waals surface area (Å²) in [5.74, 6) is 3.67. The van der Waals surface area contributed by atoms with Crippen LogP contribution < -0.4 is 0 Å². The van der Waals surface area contributed by atoms with Crippen molar-refractivity contribution < 1.29 is 23.9 Å². The summed E-state index contributed by atoms with van der Waals surface area (Å²) < 4.78 is 12.2.